The van der Waals surface area contributed by atoms with E-state index in [0.717, 1.165) is 0 Å². The summed E-state index contributed by atoms with van der Waals surface area (Å²) in [5.41, 5.74) is 0. The van der Waals surface area contributed by atoms with Crippen molar-refractivity contribution >= 4 is 54.9 Å². The summed E-state index contributed by atoms with van der Waals surface area (Å²) >= 11 is 0. The molecule has 0 amide bonds. The van der Waals surface area contributed by atoms with Gasteiger partial charge in [0.25, 0.3) is 0 Å². The molecule has 6 heavy (non-hydrogen) atoms. The minimum Gasteiger partial charge on any atom is -0.0149 e. The number of hydrogen-bond donors (Lipinski definition) is 2. The molecule has 0 atom stereocenters. The van der Waals surface area contributed by atoms with Crippen molar-refractivity contribution in [2.45, 2.75) is 0 Å². The first-order valence-corrected chi connectivity index (χ1v) is 0.651. The van der Waals surface area contributed by atoms with Gasteiger partial charge in [-0.15, -0.1) is 0 Å². The van der Waals surface area contributed by atoms with Crippen LogP contribution in [0.1, 0.15) is 0 Å². The molecule has 0 unspecified atom stereocenters. The molecule has 0 spiro atoms. The van der Waals surface area contributed by atoms with Gasteiger partial charge in [-0.1, -0.05) is 0 Å². The Hall–Kier alpha value is 0.747. The SMILES string of the molecule is O=C(O)O.[CaH2].[SiH4]. The van der Waals surface area contributed by atoms with Crippen molar-refractivity contribution in [2.75, 3.05) is 0 Å². The van der Waals surface area contributed by atoms with Crippen molar-refractivity contribution < 1.29 is 15.0 Å². The largest absolute Gasteiger partial charge is 0.0149 e. The Morgan fingerprint density at radius 2 is 1.33 bits per heavy atom. The van der Waals surface area contributed by atoms with Gasteiger partial charge in [0.15, 0.2) is 0 Å². The van der Waals surface area contributed by atoms with E-state index in [0.29, 0.717) is 0 Å². The van der Waals surface area contributed by atoms with E-state index < -0.39 is 6.16 Å². The van der Waals surface area contributed by atoms with Gasteiger partial charge in [-0.3, -0.25) is 0 Å². The molecule has 0 radical (unpaired) electrons. The third-order valence-corrected chi connectivity index (χ3v) is 0. The summed E-state index contributed by atoms with van der Waals surface area (Å²) in [4.78, 5) is 8.56. The molecule has 2 N–H and O–H groups in total. The van der Waals surface area contributed by atoms with Crippen LogP contribution in [0.5, 0.6) is 0 Å². The molecule has 0 bridgehead atoms. The van der Waals surface area contributed by atoms with Crippen molar-refractivity contribution in [2.24, 2.45) is 0 Å². The Kier molecular flexibility index (Phi) is 24.4. The average molecular weight is 136 g/mol. The zero-order valence-electron chi connectivity index (χ0n) is 1.80. The molecule has 0 saturated carbocycles. The second-order valence-corrected chi connectivity index (χ2v) is 0.283. The maximum atomic E-state index is 8.56. The standard InChI is InChI=1S/CH2O3.Ca.H4Si.2H/c2-1(3)4;;;;/h(H2,2,3,4);;1H4;;. The van der Waals surface area contributed by atoms with Crippen LogP contribution >= 0.6 is 0 Å². The average Bonchev–Trinajstić information content (AvgIpc) is 0.811. The van der Waals surface area contributed by atoms with Gasteiger partial charge in [0.2, 0.25) is 0 Å². The van der Waals surface area contributed by atoms with Crippen LogP contribution in [-0.2, 0) is 0 Å². The fraction of sp³-hybridized carbons (Fsp3) is 0. The van der Waals surface area contributed by atoms with Crippen LogP contribution in [-0.4, -0.2) is 65.1 Å². The summed E-state index contributed by atoms with van der Waals surface area (Å²) < 4.78 is 0. The van der Waals surface area contributed by atoms with Gasteiger partial charge in [-0.05, 0) is 11.0 Å². The topological polar surface area (TPSA) is 57.5 Å². The maximum Gasteiger partial charge on any atom is -0.0149 e. The Morgan fingerprint density at radius 1 is 1.33 bits per heavy atom. The van der Waals surface area contributed by atoms with Crippen LogP contribution in [0.3, 0.4) is 0 Å². The van der Waals surface area contributed by atoms with Gasteiger partial charge in [0.1, 0.15) is 0 Å². The van der Waals surface area contributed by atoms with Gasteiger partial charge in [-0.2, -0.15) is 0 Å². The quantitative estimate of drug-likeness (QED) is 0.373. The molecule has 0 fully saturated rings. The number of carbonyl (C=O) groups is 1. The molecule has 0 aliphatic rings. The molecule has 36 valence electrons. The third-order valence-electron chi connectivity index (χ3n) is 0. The van der Waals surface area contributed by atoms with Crippen LogP contribution in [0.2, 0.25) is 0 Å². The first kappa shape index (κ1) is 15.9. The predicted molar refractivity (Wildman–Crippen MR) is 30.5 cm³/mol. The molecule has 0 rings (SSSR count). The molecule has 3 nitrogen and oxygen atoms in total. The van der Waals surface area contributed by atoms with Crippen molar-refractivity contribution in [3.8, 4) is 0 Å². The van der Waals surface area contributed by atoms with E-state index in [-0.39, 0.29) is 48.7 Å². The normalized spacial score (nSPS) is 4.00. The van der Waals surface area contributed by atoms with Gasteiger partial charge < -0.3 is 10.2 Å². The fourth-order valence-corrected chi connectivity index (χ4v) is 0. The number of rotatable bonds is 0. The molecular formula is CH8CaO3Si. The summed E-state index contributed by atoms with van der Waals surface area (Å²) in [5.74, 6) is 0. The summed E-state index contributed by atoms with van der Waals surface area (Å²) in [6, 6.07) is 0. The Labute approximate surface area is 69.4 Å². The van der Waals surface area contributed by atoms with Gasteiger partial charge >= 0.3 is 43.9 Å². The van der Waals surface area contributed by atoms with E-state index in [1.54, 1.807) is 0 Å². The van der Waals surface area contributed by atoms with Crippen molar-refractivity contribution in [1.82, 2.24) is 0 Å². The number of hydrogen-bond acceptors (Lipinski definition) is 1. The number of carboxylic acid groups (broad SMARTS) is 2. The summed E-state index contributed by atoms with van der Waals surface area (Å²) in [5, 5.41) is 13.9. The van der Waals surface area contributed by atoms with E-state index in [1.165, 1.54) is 0 Å². The summed E-state index contributed by atoms with van der Waals surface area (Å²) in [6.45, 7) is 0. The molecule has 0 aliphatic carbocycles. The van der Waals surface area contributed by atoms with E-state index in [1.807, 2.05) is 0 Å². The molecule has 0 aromatic rings. The van der Waals surface area contributed by atoms with Gasteiger partial charge in [0.05, 0.1) is 0 Å². The van der Waals surface area contributed by atoms with Crippen LogP contribution in [0.15, 0.2) is 0 Å². The molecule has 0 heterocycles. The first-order chi connectivity index (χ1) is 1.73. The Balaban J connectivity index is -0.0000000450. The molecule has 0 aromatic carbocycles. The third kappa shape index (κ3) is 120. The maximum absolute atomic E-state index is 8.56. The first-order valence-electron chi connectivity index (χ1n) is 0.651. The zero-order valence-corrected chi connectivity index (χ0v) is 1.80. The van der Waals surface area contributed by atoms with E-state index in [4.69, 9.17) is 15.0 Å². The molecule has 0 aromatic heterocycles. The second kappa shape index (κ2) is 9.22. The minimum atomic E-state index is -1.83. The monoisotopic (exact) mass is 136 g/mol. The smallest absolute Gasteiger partial charge is 0.0149 e. The van der Waals surface area contributed by atoms with Crippen LogP contribution in [0.25, 0.3) is 0 Å². The second-order valence-electron chi connectivity index (χ2n) is 0.283. The molecular weight excluding hydrogens is 128 g/mol. The summed E-state index contributed by atoms with van der Waals surface area (Å²) in [7, 11) is 0. The Morgan fingerprint density at radius 3 is 1.33 bits per heavy atom. The van der Waals surface area contributed by atoms with E-state index >= 15 is 0 Å². The Bertz CT molecular complexity index is 33.8. The fourth-order valence-electron chi connectivity index (χ4n) is 0. The van der Waals surface area contributed by atoms with Gasteiger partial charge in [-0.25, -0.2) is 4.79 Å². The van der Waals surface area contributed by atoms with Crippen LogP contribution in [0, 0.1) is 0 Å². The zero-order chi connectivity index (χ0) is 3.58. The predicted octanol–water partition coefficient (Wildman–Crippen LogP) is -2.15. The van der Waals surface area contributed by atoms with Crippen molar-refractivity contribution in [1.29, 1.82) is 0 Å². The molecule has 0 saturated heterocycles. The minimum absolute atomic E-state index is 0. The summed E-state index contributed by atoms with van der Waals surface area (Å²) in [6.07, 6.45) is -1.83. The van der Waals surface area contributed by atoms with Gasteiger partial charge in [0, 0.05) is 0 Å². The van der Waals surface area contributed by atoms with E-state index in [9.17, 15) is 0 Å². The van der Waals surface area contributed by atoms with E-state index in [2.05, 4.69) is 0 Å². The van der Waals surface area contributed by atoms with Crippen LogP contribution in [0.4, 0.5) is 4.79 Å². The van der Waals surface area contributed by atoms with Crippen LogP contribution < -0.4 is 0 Å². The molecule has 5 heteroatoms. The molecule has 0 aliphatic heterocycles. The van der Waals surface area contributed by atoms with Crippen molar-refractivity contribution in [3.05, 3.63) is 0 Å². The van der Waals surface area contributed by atoms with Crippen molar-refractivity contribution in [3.63, 3.8) is 0 Å².